The molecule has 5 heteroatoms. The molecule has 2 rings (SSSR count). The van der Waals surface area contributed by atoms with Gasteiger partial charge in [-0.25, -0.2) is 0 Å². The van der Waals surface area contributed by atoms with E-state index in [0.717, 1.165) is 13.1 Å². The number of hydrogen-bond acceptors (Lipinski definition) is 4. The summed E-state index contributed by atoms with van der Waals surface area (Å²) in [5, 5.41) is 0. The molecule has 0 atom stereocenters. The van der Waals surface area contributed by atoms with Gasteiger partial charge in [0, 0.05) is 26.7 Å². The van der Waals surface area contributed by atoms with Crippen molar-refractivity contribution in [1.82, 2.24) is 9.80 Å². The molecular weight excluding hydrogens is 256 g/mol. The summed E-state index contributed by atoms with van der Waals surface area (Å²) in [5.41, 5.74) is 0.599. The number of ether oxygens (including phenoxy) is 1. The first-order valence-electron chi connectivity index (χ1n) is 6.77. The van der Waals surface area contributed by atoms with Crippen LogP contribution in [0.2, 0.25) is 0 Å². The average molecular weight is 276 g/mol. The van der Waals surface area contributed by atoms with Gasteiger partial charge in [-0.15, -0.1) is 0 Å². The summed E-state index contributed by atoms with van der Waals surface area (Å²) >= 11 is 0. The summed E-state index contributed by atoms with van der Waals surface area (Å²) in [4.78, 5) is 26.9. The number of nitrogens with zero attached hydrogens (tertiary/aromatic N) is 2. The van der Waals surface area contributed by atoms with Crippen molar-refractivity contribution in [2.24, 2.45) is 0 Å². The van der Waals surface area contributed by atoms with Crippen LogP contribution in [0.3, 0.4) is 0 Å². The van der Waals surface area contributed by atoms with Gasteiger partial charge in [0.2, 0.25) is 5.91 Å². The van der Waals surface area contributed by atoms with E-state index in [9.17, 15) is 9.59 Å². The number of benzene rings is 1. The highest BCUT2D eigenvalue weighted by Crippen LogP contribution is 2.18. The van der Waals surface area contributed by atoms with Crippen LogP contribution < -0.4 is 4.74 Å². The molecule has 1 aliphatic heterocycles. The molecule has 0 radical (unpaired) electrons. The molecule has 1 aromatic rings. The van der Waals surface area contributed by atoms with E-state index in [1.807, 2.05) is 19.2 Å². The van der Waals surface area contributed by atoms with Crippen molar-refractivity contribution in [2.45, 2.75) is 6.92 Å². The number of carbonyl (C=O) groups excluding carboxylic acids is 2. The predicted molar refractivity (Wildman–Crippen MR) is 76.0 cm³/mol. The minimum Gasteiger partial charge on any atom is -0.491 e. The standard InChI is InChI=1S/C15H20N2O3/c1-12(18)13-5-3-4-6-14(13)20-10-9-17-8-7-16(2)15(19)11-17/h3-6H,7-11H2,1-2H3. The Balaban J connectivity index is 1.85. The summed E-state index contributed by atoms with van der Waals surface area (Å²) in [5.74, 6) is 0.746. The zero-order valence-corrected chi connectivity index (χ0v) is 12.0. The molecule has 1 saturated heterocycles. The normalized spacial score (nSPS) is 16.3. The van der Waals surface area contributed by atoms with Crippen molar-refractivity contribution < 1.29 is 14.3 Å². The highest BCUT2D eigenvalue weighted by molar-refractivity contribution is 5.96. The Morgan fingerprint density at radius 2 is 2.05 bits per heavy atom. The summed E-state index contributed by atoms with van der Waals surface area (Å²) in [6.45, 7) is 4.74. The maximum absolute atomic E-state index is 11.6. The number of rotatable bonds is 5. The van der Waals surface area contributed by atoms with Crippen LogP contribution in [0.15, 0.2) is 24.3 Å². The smallest absolute Gasteiger partial charge is 0.236 e. The minimum atomic E-state index is -0.00428. The molecule has 0 spiro atoms. The van der Waals surface area contributed by atoms with Crippen molar-refractivity contribution >= 4 is 11.7 Å². The summed E-state index contributed by atoms with van der Waals surface area (Å²) in [6.07, 6.45) is 0. The molecule has 1 fully saturated rings. The second-order valence-corrected chi connectivity index (χ2v) is 4.99. The van der Waals surface area contributed by atoms with Gasteiger partial charge in [-0.3, -0.25) is 14.5 Å². The van der Waals surface area contributed by atoms with Crippen LogP contribution in [0, 0.1) is 0 Å². The second-order valence-electron chi connectivity index (χ2n) is 4.99. The van der Waals surface area contributed by atoms with Crippen LogP contribution in [-0.2, 0) is 4.79 Å². The predicted octanol–water partition coefficient (Wildman–Crippen LogP) is 1.04. The summed E-state index contributed by atoms with van der Waals surface area (Å²) < 4.78 is 5.68. The van der Waals surface area contributed by atoms with Gasteiger partial charge < -0.3 is 9.64 Å². The van der Waals surface area contributed by atoms with E-state index in [1.165, 1.54) is 6.92 Å². The highest BCUT2D eigenvalue weighted by Gasteiger charge is 2.20. The molecule has 0 aliphatic carbocycles. The Labute approximate surface area is 119 Å². The molecule has 1 amide bonds. The molecule has 1 aromatic carbocycles. The fraction of sp³-hybridized carbons (Fsp3) is 0.467. The van der Waals surface area contributed by atoms with Crippen molar-refractivity contribution in [3.8, 4) is 5.75 Å². The maximum Gasteiger partial charge on any atom is 0.236 e. The monoisotopic (exact) mass is 276 g/mol. The lowest BCUT2D eigenvalue weighted by Crippen LogP contribution is -2.49. The van der Waals surface area contributed by atoms with E-state index in [2.05, 4.69) is 4.90 Å². The van der Waals surface area contributed by atoms with Gasteiger partial charge in [0.25, 0.3) is 0 Å². The summed E-state index contributed by atoms with van der Waals surface area (Å²) in [6, 6.07) is 7.23. The third kappa shape index (κ3) is 3.57. The SMILES string of the molecule is CC(=O)c1ccccc1OCCN1CCN(C)C(=O)C1. The number of piperazine rings is 1. The number of carbonyl (C=O) groups is 2. The molecule has 1 heterocycles. The number of Topliss-reactive ketones (excluding diaryl/α,β-unsaturated/α-hetero) is 1. The van der Waals surface area contributed by atoms with E-state index >= 15 is 0 Å². The van der Waals surface area contributed by atoms with Crippen molar-refractivity contribution in [2.75, 3.05) is 39.8 Å². The van der Waals surface area contributed by atoms with Gasteiger partial charge in [0.05, 0.1) is 12.1 Å². The number of likely N-dealkylation sites (N-methyl/N-ethyl adjacent to an activating group) is 1. The molecule has 5 nitrogen and oxygen atoms in total. The lowest BCUT2D eigenvalue weighted by molar-refractivity contribution is -0.134. The molecule has 108 valence electrons. The van der Waals surface area contributed by atoms with Crippen LogP contribution in [0.4, 0.5) is 0 Å². The first-order valence-corrected chi connectivity index (χ1v) is 6.77. The van der Waals surface area contributed by atoms with E-state index in [0.29, 0.717) is 31.0 Å². The molecule has 0 bridgehead atoms. The Morgan fingerprint density at radius 3 is 2.75 bits per heavy atom. The first-order chi connectivity index (χ1) is 9.58. The van der Waals surface area contributed by atoms with Gasteiger partial charge in [-0.2, -0.15) is 0 Å². The maximum atomic E-state index is 11.6. The zero-order valence-electron chi connectivity index (χ0n) is 12.0. The zero-order chi connectivity index (χ0) is 14.5. The number of para-hydroxylation sites is 1. The van der Waals surface area contributed by atoms with E-state index < -0.39 is 0 Å². The number of hydrogen-bond donors (Lipinski definition) is 0. The Hall–Kier alpha value is -1.88. The van der Waals surface area contributed by atoms with Gasteiger partial charge in [0.1, 0.15) is 12.4 Å². The molecular formula is C15H20N2O3. The van der Waals surface area contributed by atoms with Crippen LogP contribution in [0.25, 0.3) is 0 Å². The fourth-order valence-corrected chi connectivity index (χ4v) is 2.17. The van der Waals surface area contributed by atoms with Crippen molar-refractivity contribution in [3.63, 3.8) is 0 Å². The number of ketones is 1. The average Bonchev–Trinajstić information content (AvgIpc) is 2.43. The third-order valence-corrected chi connectivity index (χ3v) is 3.47. The van der Waals surface area contributed by atoms with Gasteiger partial charge >= 0.3 is 0 Å². The van der Waals surface area contributed by atoms with Crippen LogP contribution in [-0.4, -0.2) is 61.3 Å². The second kappa shape index (κ2) is 6.52. The minimum absolute atomic E-state index is 0.00428. The fourth-order valence-electron chi connectivity index (χ4n) is 2.17. The molecule has 0 aromatic heterocycles. The third-order valence-electron chi connectivity index (χ3n) is 3.47. The van der Waals surface area contributed by atoms with E-state index in [4.69, 9.17) is 4.74 Å². The first kappa shape index (κ1) is 14.5. The molecule has 0 unspecified atom stereocenters. The van der Waals surface area contributed by atoms with Crippen LogP contribution >= 0.6 is 0 Å². The van der Waals surface area contributed by atoms with Crippen LogP contribution in [0.1, 0.15) is 17.3 Å². The van der Waals surface area contributed by atoms with E-state index in [1.54, 1.807) is 17.0 Å². The molecule has 1 aliphatic rings. The topological polar surface area (TPSA) is 49.9 Å². The largest absolute Gasteiger partial charge is 0.491 e. The Morgan fingerprint density at radius 1 is 1.30 bits per heavy atom. The quantitative estimate of drug-likeness (QED) is 0.754. The van der Waals surface area contributed by atoms with Crippen LogP contribution in [0.5, 0.6) is 5.75 Å². The van der Waals surface area contributed by atoms with Crippen molar-refractivity contribution in [3.05, 3.63) is 29.8 Å². The summed E-state index contributed by atoms with van der Waals surface area (Å²) in [7, 11) is 1.82. The van der Waals surface area contributed by atoms with E-state index in [-0.39, 0.29) is 11.7 Å². The number of amides is 1. The van der Waals surface area contributed by atoms with Gasteiger partial charge in [-0.1, -0.05) is 12.1 Å². The lowest BCUT2D eigenvalue weighted by Gasteiger charge is -2.31. The van der Waals surface area contributed by atoms with Gasteiger partial charge in [-0.05, 0) is 19.1 Å². The van der Waals surface area contributed by atoms with Gasteiger partial charge in [0.15, 0.2) is 5.78 Å². The molecule has 0 N–H and O–H groups in total. The molecule has 20 heavy (non-hydrogen) atoms. The molecule has 0 saturated carbocycles. The van der Waals surface area contributed by atoms with Crippen molar-refractivity contribution in [1.29, 1.82) is 0 Å². The lowest BCUT2D eigenvalue weighted by atomic mass is 10.1. The Kier molecular flexibility index (Phi) is 4.74. The highest BCUT2D eigenvalue weighted by atomic mass is 16.5. The Bertz CT molecular complexity index is 502.